The van der Waals surface area contributed by atoms with Crippen molar-refractivity contribution in [1.82, 2.24) is 14.4 Å². The number of aromatic nitrogens is 2. The van der Waals surface area contributed by atoms with Crippen molar-refractivity contribution in [2.75, 3.05) is 39.5 Å². The van der Waals surface area contributed by atoms with Crippen LogP contribution < -0.4 is 0 Å². The average molecular weight is 425 g/mol. The molecule has 4 rings (SSSR count). The summed E-state index contributed by atoms with van der Waals surface area (Å²) in [7, 11) is -3.71. The quantitative estimate of drug-likeness (QED) is 0.597. The van der Waals surface area contributed by atoms with Gasteiger partial charge < -0.3 is 14.0 Å². The Balaban J connectivity index is 1.23. The van der Waals surface area contributed by atoms with Gasteiger partial charge in [-0.15, -0.1) is 0 Å². The summed E-state index contributed by atoms with van der Waals surface area (Å²) < 4.78 is 56.0. The monoisotopic (exact) mass is 425 g/mol. The second-order valence-corrected chi connectivity index (χ2v) is 9.34. The molecule has 0 amide bonds. The molecule has 2 aromatic rings. The molecule has 0 saturated carbocycles. The molecular formula is C19H24FN3O5S. The molecule has 10 heteroatoms. The van der Waals surface area contributed by atoms with Gasteiger partial charge in [-0.1, -0.05) is 11.2 Å². The normalized spacial score (nSPS) is 19.3. The second kappa shape index (κ2) is 8.86. The molecule has 1 aromatic heterocycles. The molecular weight excluding hydrogens is 401 g/mol. The lowest BCUT2D eigenvalue weighted by molar-refractivity contribution is 0.0211. The fourth-order valence-electron chi connectivity index (χ4n) is 3.43. The summed E-state index contributed by atoms with van der Waals surface area (Å²) in [5, 5.41) is 3.96. The summed E-state index contributed by atoms with van der Waals surface area (Å²) in [4.78, 5) is 4.31. The first-order chi connectivity index (χ1) is 14.0. The molecule has 1 aromatic carbocycles. The molecule has 2 aliphatic heterocycles. The molecule has 29 heavy (non-hydrogen) atoms. The number of nitrogens with zero attached hydrogens (tertiary/aromatic N) is 3. The Hall–Kier alpha value is -1.88. The van der Waals surface area contributed by atoms with Crippen LogP contribution in [0.3, 0.4) is 0 Å². The van der Waals surface area contributed by atoms with Gasteiger partial charge in [0.25, 0.3) is 0 Å². The molecule has 0 bridgehead atoms. The third-order valence-corrected chi connectivity index (χ3v) is 7.11. The molecule has 0 spiro atoms. The standard InChI is InChI=1S/C19H24FN3O5S/c20-16-2-1-3-17(10-16)29(24,25)23-11-15(12-23)19-21-18(22-28-19)6-9-27-13-14-4-7-26-8-5-14/h1-3,10,14-15H,4-9,11-13H2. The van der Waals surface area contributed by atoms with Crippen molar-refractivity contribution in [1.29, 1.82) is 0 Å². The first-order valence-electron chi connectivity index (χ1n) is 9.76. The highest BCUT2D eigenvalue weighted by atomic mass is 32.2. The Labute approximate surface area is 169 Å². The van der Waals surface area contributed by atoms with E-state index in [0.717, 1.165) is 32.1 Å². The van der Waals surface area contributed by atoms with E-state index in [4.69, 9.17) is 14.0 Å². The van der Waals surface area contributed by atoms with Gasteiger partial charge in [0.15, 0.2) is 5.82 Å². The van der Waals surface area contributed by atoms with Crippen LogP contribution in [-0.2, 0) is 25.9 Å². The smallest absolute Gasteiger partial charge is 0.243 e. The van der Waals surface area contributed by atoms with Gasteiger partial charge in [-0.2, -0.15) is 9.29 Å². The van der Waals surface area contributed by atoms with Crippen molar-refractivity contribution in [3.8, 4) is 0 Å². The number of hydrogen-bond acceptors (Lipinski definition) is 7. The Bertz CT molecular complexity index is 923. The van der Waals surface area contributed by atoms with E-state index in [1.165, 1.54) is 22.5 Å². The highest BCUT2D eigenvalue weighted by Crippen LogP contribution is 2.31. The fraction of sp³-hybridized carbons (Fsp3) is 0.579. The topological polar surface area (TPSA) is 94.8 Å². The molecule has 0 aliphatic carbocycles. The first kappa shape index (κ1) is 20.4. The van der Waals surface area contributed by atoms with Crippen LogP contribution in [0.15, 0.2) is 33.7 Å². The van der Waals surface area contributed by atoms with Crippen LogP contribution in [0.5, 0.6) is 0 Å². The average Bonchev–Trinajstić information content (AvgIpc) is 3.13. The highest BCUT2D eigenvalue weighted by molar-refractivity contribution is 7.89. The van der Waals surface area contributed by atoms with E-state index in [2.05, 4.69) is 10.1 Å². The van der Waals surface area contributed by atoms with Gasteiger partial charge in [-0.25, -0.2) is 12.8 Å². The van der Waals surface area contributed by atoms with Gasteiger partial charge in [0.1, 0.15) is 5.82 Å². The maximum Gasteiger partial charge on any atom is 0.243 e. The van der Waals surface area contributed by atoms with Crippen molar-refractivity contribution >= 4 is 10.0 Å². The summed E-state index contributed by atoms with van der Waals surface area (Å²) in [5.74, 6) is 0.797. The molecule has 0 atom stereocenters. The van der Waals surface area contributed by atoms with E-state index in [-0.39, 0.29) is 23.9 Å². The van der Waals surface area contributed by atoms with E-state index in [1.807, 2.05) is 0 Å². The minimum absolute atomic E-state index is 0.0520. The number of hydrogen-bond donors (Lipinski definition) is 0. The molecule has 0 N–H and O–H groups in total. The third kappa shape index (κ3) is 4.82. The van der Waals surface area contributed by atoms with Gasteiger partial charge in [0, 0.05) is 39.3 Å². The third-order valence-electron chi connectivity index (χ3n) is 5.28. The van der Waals surface area contributed by atoms with Crippen molar-refractivity contribution in [3.05, 3.63) is 41.8 Å². The number of benzene rings is 1. The Morgan fingerprint density at radius 1 is 1.24 bits per heavy atom. The molecule has 0 unspecified atom stereocenters. The van der Waals surface area contributed by atoms with Crippen molar-refractivity contribution < 1.29 is 26.8 Å². The number of ether oxygens (including phenoxy) is 2. The highest BCUT2D eigenvalue weighted by Gasteiger charge is 2.40. The van der Waals surface area contributed by atoms with Gasteiger partial charge in [-0.05, 0) is 37.0 Å². The zero-order chi connectivity index (χ0) is 20.3. The number of rotatable bonds is 8. The minimum atomic E-state index is -3.71. The Kier molecular flexibility index (Phi) is 6.23. The lowest BCUT2D eigenvalue weighted by atomic mass is 10.0. The van der Waals surface area contributed by atoms with Crippen LogP contribution in [-0.4, -0.2) is 62.4 Å². The van der Waals surface area contributed by atoms with Gasteiger partial charge in [0.05, 0.1) is 17.4 Å². The lowest BCUT2D eigenvalue weighted by Gasteiger charge is -2.35. The molecule has 2 saturated heterocycles. The summed E-state index contributed by atoms with van der Waals surface area (Å²) >= 11 is 0. The maximum atomic E-state index is 13.3. The molecule has 158 valence electrons. The van der Waals surface area contributed by atoms with E-state index < -0.39 is 15.8 Å². The van der Waals surface area contributed by atoms with Gasteiger partial charge >= 0.3 is 0 Å². The maximum absolute atomic E-state index is 13.3. The Morgan fingerprint density at radius 3 is 2.79 bits per heavy atom. The second-order valence-electron chi connectivity index (χ2n) is 7.41. The van der Waals surface area contributed by atoms with Crippen molar-refractivity contribution in [2.45, 2.75) is 30.1 Å². The van der Waals surface area contributed by atoms with Crippen LogP contribution in [0.4, 0.5) is 4.39 Å². The lowest BCUT2D eigenvalue weighted by Crippen LogP contribution is -2.48. The first-order valence-corrected chi connectivity index (χ1v) is 11.2. The van der Waals surface area contributed by atoms with Gasteiger partial charge in [-0.3, -0.25) is 0 Å². The number of sulfonamides is 1. The van der Waals surface area contributed by atoms with E-state index >= 15 is 0 Å². The molecule has 3 heterocycles. The molecule has 8 nitrogen and oxygen atoms in total. The zero-order valence-electron chi connectivity index (χ0n) is 16.0. The SMILES string of the molecule is O=S(=O)(c1cccc(F)c1)N1CC(c2nc(CCOCC3CCOCC3)no2)C1. The summed E-state index contributed by atoms with van der Waals surface area (Å²) in [6, 6.07) is 5.00. The van der Waals surface area contributed by atoms with Crippen LogP contribution in [0, 0.1) is 11.7 Å². The summed E-state index contributed by atoms with van der Waals surface area (Å²) in [6.45, 7) is 3.30. The van der Waals surface area contributed by atoms with Crippen LogP contribution >= 0.6 is 0 Å². The minimum Gasteiger partial charge on any atom is -0.381 e. The van der Waals surface area contributed by atoms with Crippen molar-refractivity contribution in [3.63, 3.8) is 0 Å². The van der Waals surface area contributed by atoms with E-state index in [0.29, 0.717) is 37.3 Å². The predicted octanol–water partition coefficient (Wildman–Crippen LogP) is 1.98. The molecule has 2 aliphatic rings. The molecule has 2 fully saturated rings. The number of halogens is 1. The summed E-state index contributed by atoms with van der Waals surface area (Å²) in [5.41, 5.74) is 0. The van der Waals surface area contributed by atoms with Crippen molar-refractivity contribution in [2.24, 2.45) is 5.92 Å². The van der Waals surface area contributed by atoms with Gasteiger partial charge in [0.2, 0.25) is 15.9 Å². The van der Waals surface area contributed by atoms with E-state index in [1.54, 1.807) is 0 Å². The molecule has 0 radical (unpaired) electrons. The summed E-state index contributed by atoms with van der Waals surface area (Å²) in [6.07, 6.45) is 2.61. The predicted molar refractivity (Wildman–Crippen MR) is 100 cm³/mol. The fourth-order valence-corrected chi connectivity index (χ4v) is 4.99. The zero-order valence-corrected chi connectivity index (χ0v) is 16.8. The van der Waals surface area contributed by atoms with Crippen LogP contribution in [0.1, 0.15) is 30.5 Å². The Morgan fingerprint density at radius 2 is 2.03 bits per heavy atom. The van der Waals surface area contributed by atoms with Crippen LogP contribution in [0.25, 0.3) is 0 Å². The largest absolute Gasteiger partial charge is 0.381 e. The van der Waals surface area contributed by atoms with Crippen LogP contribution in [0.2, 0.25) is 0 Å². The van der Waals surface area contributed by atoms with E-state index in [9.17, 15) is 12.8 Å².